The normalized spacial score (nSPS) is 17.9. The van der Waals surface area contributed by atoms with Gasteiger partial charge in [0, 0.05) is 19.6 Å². The molecule has 7 nitrogen and oxygen atoms in total. The van der Waals surface area contributed by atoms with Crippen molar-refractivity contribution >= 4 is 17.5 Å². The third-order valence-electron chi connectivity index (χ3n) is 3.70. The molecule has 1 aliphatic heterocycles. The Morgan fingerprint density at radius 1 is 1.52 bits per heavy atom. The molecule has 1 fully saturated rings. The number of carbonyl (C=O) groups is 1. The van der Waals surface area contributed by atoms with Crippen LogP contribution in [0, 0.1) is 0 Å². The minimum absolute atomic E-state index is 0.0723. The number of tetrazole rings is 1. The number of rotatable bonds is 3. The van der Waals surface area contributed by atoms with E-state index in [1.165, 1.54) is 11.0 Å². The first kappa shape index (κ1) is 14.0. The molecule has 2 heterocycles. The molecule has 1 aliphatic rings. The molecule has 0 radical (unpaired) electrons. The summed E-state index contributed by atoms with van der Waals surface area (Å²) in [5.41, 5.74) is 1.20. The lowest BCUT2D eigenvalue weighted by atomic mass is 10.1. The van der Waals surface area contributed by atoms with Crippen molar-refractivity contribution in [1.29, 1.82) is 0 Å². The molecule has 1 aromatic heterocycles. The van der Waals surface area contributed by atoms with Gasteiger partial charge >= 0.3 is 0 Å². The molecule has 110 valence electrons. The highest BCUT2D eigenvalue weighted by atomic mass is 35.5. The van der Waals surface area contributed by atoms with E-state index in [0.29, 0.717) is 16.3 Å². The van der Waals surface area contributed by atoms with Crippen molar-refractivity contribution in [3.05, 3.63) is 35.1 Å². The maximum Gasteiger partial charge on any atom is 0.255 e. The Hall–Kier alpha value is -1.99. The van der Waals surface area contributed by atoms with Gasteiger partial charge in [-0.3, -0.25) is 4.79 Å². The van der Waals surface area contributed by atoms with Crippen molar-refractivity contribution in [1.82, 2.24) is 30.4 Å². The van der Waals surface area contributed by atoms with Crippen molar-refractivity contribution in [3.8, 4) is 5.69 Å². The lowest BCUT2D eigenvalue weighted by molar-refractivity contribution is 0.0744. The van der Waals surface area contributed by atoms with Crippen LogP contribution in [0.2, 0.25) is 5.02 Å². The third kappa shape index (κ3) is 2.74. The first-order valence-electron chi connectivity index (χ1n) is 6.67. The van der Waals surface area contributed by atoms with Crippen molar-refractivity contribution < 1.29 is 4.79 Å². The number of aromatic nitrogens is 4. The monoisotopic (exact) mass is 306 g/mol. The predicted octanol–water partition coefficient (Wildman–Crippen LogP) is 0.750. The van der Waals surface area contributed by atoms with Crippen molar-refractivity contribution in [3.63, 3.8) is 0 Å². The van der Waals surface area contributed by atoms with Crippen molar-refractivity contribution in [2.75, 3.05) is 20.1 Å². The first-order chi connectivity index (χ1) is 10.2. The molecule has 2 aromatic rings. The van der Waals surface area contributed by atoms with E-state index in [0.717, 1.165) is 19.5 Å². The van der Waals surface area contributed by atoms with Gasteiger partial charge in [0.2, 0.25) is 0 Å². The summed E-state index contributed by atoms with van der Waals surface area (Å²) >= 11 is 6.25. The van der Waals surface area contributed by atoms with Crippen LogP contribution in [0.1, 0.15) is 16.8 Å². The summed E-state index contributed by atoms with van der Waals surface area (Å²) in [5.74, 6) is -0.0723. The predicted molar refractivity (Wildman–Crippen MR) is 77.5 cm³/mol. The van der Waals surface area contributed by atoms with Gasteiger partial charge in [-0.1, -0.05) is 11.6 Å². The largest absolute Gasteiger partial charge is 0.337 e. The molecule has 8 heteroatoms. The van der Waals surface area contributed by atoms with Gasteiger partial charge in [-0.2, -0.15) is 0 Å². The number of nitrogens with zero attached hydrogens (tertiary/aromatic N) is 5. The van der Waals surface area contributed by atoms with E-state index in [9.17, 15) is 4.79 Å². The molecule has 0 aliphatic carbocycles. The Labute approximate surface area is 126 Å². The Morgan fingerprint density at radius 3 is 3.00 bits per heavy atom. The second-order valence-electron chi connectivity index (χ2n) is 4.98. The summed E-state index contributed by atoms with van der Waals surface area (Å²) < 4.78 is 1.49. The molecule has 1 atom stereocenters. The molecule has 0 bridgehead atoms. The summed E-state index contributed by atoms with van der Waals surface area (Å²) in [6, 6.07) is 5.38. The number of halogens is 1. The van der Waals surface area contributed by atoms with E-state index < -0.39 is 0 Å². The van der Waals surface area contributed by atoms with E-state index >= 15 is 0 Å². The topological polar surface area (TPSA) is 75.9 Å². The van der Waals surface area contributed by atoms with Gasteiger partial charge in [0.15, 0.2) is 0 Å². The van der Waals surface area contributed by atoms with Gasteiger partial charge in [0.25, 0.3) is 5.91 Å². The summed E-state index contributed by atoms with van der Waals surface area (Å²) in [7, 11) is 1.81. The number of hydrogen-bond donors (Lipinski definition) is 1. The molecule has 1 aromatic carbocycles. The fourth-order valence-corrected chi connectivity index (χ4v) is 2.68. The highest BCUT2D eigenvalue weighted by molar-refractivity contribution is 6.34. The average molecular weight is 307 g/mol. The number of hydrogen-bond acceptors (Lipinski definition) is 5. The molecule has 0 unspecified atom stereocenters. The van der Waals surface area contributed by atoms with Gasteiger partial charge in [-0.05, 0) is 41.6 Å². The molecule has 0 spiro atoms. The molecule has 1 N–H and O–H groups in total. The summed E-state index contributed by atoms with van der Waals surface area (Å²) in [6.07, 6.45) is 2.44. The van der Waals surface area contributed by atoms with E-state index in [1.54, 1.807) is 23.1 Å². The van der Waals surface area contributed by atoms with Crippen LogP contribution in [-0.4, -0.2) is 57.2 Å². The Balaban J connectivity index is 1.83. The van der Waals surface area contributed by atoms with Crippen LogP contribution in [0.4, 0.5) is 0 Å². The first-order valence-corrected chi connectivity index (χ1v) is 7.05. The highest BCUT2D eigenvalue weighted by Gasteiger charge is 2.25. The lowest BCUT2D eigenvalue weighted by Crippen LogP contribution is -2.38. The zero-order valence-corrected chi connectivity index (χ0v) is 12.3. The molecule has 21 heavy (non-hydrogen) atoms. The second-order valence-corrected chi connectivity index (χ2v) is 5.39. The Bertz CT molecular complexity index is 638. The molecular weight excluding hydrogens is 292 g/mol. The summed E-state index contributed by atoms with van der Waals surface area (Å²) in [4.78, 5) is 14.3. The fraction of sp³-hybridized carbons (Fsp3) is 0.385. The number of carbonyl (C=O) groups excluding carboxylic acids is 1. The number of benzene rings is 1. The zero-order valence-electron chi connectivity index (χ0n) is 11.5. The molecule has 0 saturated carbocycles. The van der Waals surface area contributed by atoms with Gasteiger partial charge < -0.3 is 10.2 Å². The second kappa shape index (κ2) is 5.79. The average Bonchev–Trinajstić information content (AvgIpc) is 3.18. The van der Waals surface area contributed by atoms with Crippen LogP contribution >= 0.6 is 11.6 Å². The van der Waals surface area contributed by atoms with E-state index in [4.69, 9.17) is 11.6 Å². The van der Waals surface area contributed by atoms with Gasteiger partial charge in [0.05, 0.1) is 16.3 Å². The maximum absolute atomic E-state index is 12.5. The Morgan fingerprint density at radius 2 is 2.38 bits per heavy atom. The fourth-order valence-electron chi connectivity index (χ4n) is 2.43. The van der Waals surface area contributed by atoms with Crippen LogP contribution in [0.3, 0.4) is 0 Å². The molecule has 1 amide bonds. The lowest BCUT2D eigenvalue weighted by Gasteiger charge is -2.24. The van der Waals surface area contributed by atoms with E-state index in [-0.39, 0.29) is 11.9 Å². The van der Waals surface area contributed by atoms with Gasteiger partial charge in [-0.25, -0.2) is 4.68 Å². The SMILES string of the molecule is CN(C(=O)c1ccc(-n2cnnn2)cc1Cl)[C@@H]1CCNC1. The Kier molecular flexibility index (Phi) is 3.85. The quantitative estimate of drug-likeness (QED) is 0.905. The summed E-state index contributed by atoms with van der Waals surface area (Å²) in [6.45, 7) is 1.76. The van der Waals surface area contributed by atoms with Crippen LogP contribution in [-0.2, 0) is 0 Å². The van der Waals surface area contributed by atoms with Crippen LogP contribution < -0.4 is 5.32 Å². The maximum atomic E-state index is 12.5. The minimum Gasteiger partial charge on any atom is -0.337 e. The smallest absolute Gasteiger partial charge is 0.255 e. The van der Waals surface area contributed by atoms with Crippen molar-refractivity contribution in [2.24, 2.45) is 0 Å². The van der Waals surface area contributed by atoms with Crippen LogP contribution in [0.5, 0.6) is 0 Å². The molecule has 3 rings (SSSR count). The zero-order chi connectivity index (χ0) is 14.8. The van der Waals surface area contributed by atoms with Gasteiger partial charge in [0.1, 0.15) is 6.33 Å². The molecule has 1 saturated heterocycles. The summed E-state index contributed by atoms with van der Waals surface area (Å²) in [5, 5.41) is 14.6. The van der Waals surface area contributed by atoms with Gasteiger partial charge in [-0.15, -0.1) is 5.10 Å². The number of amides is 1. The number of likely N-dealkylation sites (N-methyl/N-ethyl adjacent to an activating group) is 1. The highest BCUT2D eigenvalue weighted by Crippen LogP contribution is 2.22. The van der Waals surface area contributed by atoms with E-state index in [1.807, 2.05) is 7.05 Å². The molecular formula is C13H15ClN6O. The standard InChI is InChI=1S/C13H15ClN6O/c1-19(10-4-5-15-7-10)13(21)11-3-2-9(6-12(11)14)20-8-16-17-18-20/h2-3,6,8,10,15H,4-5,7H2,1H3/t10-/m1/s1. The number of nitrogens with one attached hydrogen (secondary N) is 1. The van der Waals surface area contributed by atoms with Crippen LogP contribution in [0.15, 0.2) is 24.5 Å². The van der Waals surface area contributed by atoms with E-state index in [2.05, 4.69) is 20.8 Å². The third-order valence-corrected chi connectivity index (χ3v) is 4.01. The van der Waals surface area contributed by atoms with Crippen LogP contribution in [0.25, 0.3) is 5.69 Å². The minimum atomic E-state index is -0.0723. The van der Waals surface area contributed by atoms with Crippen molar-refractivity contribution in [2.45, 2.75) is 12.5 Å².